The summed E-state index contributed by atoms with van der Waals surface area (Å²) in [4.78, 5) is 11.4. The Bertz CT molecular complexity index is 595. The summed E-state index contributed by atoms with van der Waals surface area (Å²) in [6.45, 7) is 13.1. The molecule has 0 fully saturated rings. The third-order valence-electron chi connectivity index (χ3n) is 4.41. The van der Waals surface area contributed by atoms with Crippen LogP contribution in [0.25, 0.3) is 0 Å². The topological polar surface area (TPSA) is 26.3 Å². The lowest BCUT2D eigenvalue weighted by molar-refractivity contribution is -0.137. The van der Waals surface area contributed by atoms with Gasteiger partial charge in [0.25, 0.3) is 0 Å². The molecule has 24 heavy (non-hydrogen) atoms. The molecule has 0 amide bonds. The number of hydrogen-bond donors (Lipinski definition) is 0. The fraction of sp³-hybridized carbons (Fsp3) is 0.500. The summed E-state index contributed by atoms with van der Waals surface area (Å²) in [6, 6.07) is 0. The van der Waals surface area contributed by atoms with Crippen molar-refractivity contribution in [2.45, 2.75) is 60.8 Å². The van der Waals surface area contributed by atoms with Gasteiger partial charge in [0, 0.05) is 6.08 Å². The monoisotopic (exact) mass is 328 g/mol. The fourth-order valence-corrected chi connectivity index (χ4v) is 3.05. The van der Waals surface area contributed by atoms with E-state index in [2.05, 4.69) is 45.9 Å². The lowest BCUT2D eigenvalue weighted by atomic mass is 9.72. The quantitative estimate of drug-likeness (QED) is 0.335. The van der Waals surface area contributed by atoms with Crippen molar-refractivity contribution >= 4 is 5.97 Å². The minimum absolute atomic E-state index is 0.272. The Morgan fingerprint density at radius 1 is 1.21 bits per heavy atom. The van der Waals surface area contributed by atoms with E-state index in [1.807, 2.05) is 19.1 Å². The van der Waals surface area contributed by atoms with E-state index in [1.165, 1.54) is 42.1 Å². The first-order chi connectivity index (χ1) is 11.3. The van der Waals surface area contributed by atoms with Crippen molar-refractivity contribution in [1.82, 2.24) is 0 Å². The van der Waals surface area contributed by atoms with Crippen molar-refractivity contribution in [1.29, 1.82) is 0 Å². The van der Waals surface area contributed by atoms with E-state index >= 15 is 0 Å². The summed E-state index contributed by atoms with van der Waals surface area (Å²) in [7, 11) is 0. The van der Waals surface area contributed by atoms with Gasteiger partial charge in [-0.3, -0.25) is 0 Å². The Morgan fingerprint density at radius 2 is 1.92 bits per heavy atom. The van der Waals surface area contributed by atoms with Gasteiger partial charge in [-0.2, -0.15) is 0 Å². The minimum atomic E-state index is -0.290. The van der Waals surface area contributed by atoms with Crippen molar-refractivity contribution in [3.63, 3.8) is 0 Å². The van der Waals surface area contributed by atoms with Gasteiger partial charge in [0.2, 0.25) is 0 Å². The van der Waals surface area contributed by atoms with Gasteiger partial charge in [-0.25, -0.2) is 4.79 Å². The molecule has 0 aromatic carbocycles. The summed E-state index contributed by atoms with van der Waals surface area (Å²) in [5.74, 6) is -0.290. The third kappa shape index (κ3) is 6.74. The van der Waals surface area contributed by atoms with Crippen molar-refractivity contribution in [3.8, 4) is 0 Å². The van der Waals surface area contributed by atoms with Crippen LogP contribution in [0.4, 0.5) is 0 Å². The van der Waals surface area contributed by atoms with Crippen molar-refractivity contribution in [2.75, 3.05) is 6.61 Å². The number of ether oxygens (including phenoxy) is 1. The molecule has 0 saturated heterocycles. The standard InChI is InChI=1S/C22H32O2/c1-7-24-21(23)16-18(3)11-8-10-17(2)13-14-20-19(4)12-9-15-22(20,5)6/h8,10-11,13-14,16H,7,9,12,15H2,1-6H3/b11-8+,14-13+,17-10+,18-16?. The molecule has 0 heterocycles. The first-order valence-electron chi connectivity index (χ1n) is 8.84. The fourth-order valence-electron chi connectivity index (χ4n) is 3.05. The van der Waals surface area contributed by atoms with E-state index in [9.17, 15) is 4.79 Å². The maximum atomic E-state index is 11.4. The Hall–Kier alpha value is -1.83. The number of hydrogen-bond acceptors (Lipinski definition) is 2. The lowest BCUT2D eigenvalue weighted by Gasteiger charge is -2.32. The highest BCUT2D eigenvalue weighted by Crippen LogP contribution is 2.40. The number of carbonyl (C=O) groups excluding carboxylic acids is 1. The second-order valence-corrected chi connectivity index (χ2v) is 7.17. The molecule has 0 unspecified atom stereocenters. The second-order valence-electron chi connectivity index (χ2n) is 7.17. The maximum absolute atomic E-state index is 11.4. The zero-order chi connectivity index (χ0) is 18.2. The molecule has 0 aromatic rings. The van der Waals surface area contributed by atoms with Crippen LogP contribution >= 0.6 is 0 Å². The maximum Gasteiger partial charge on any atom is 0.330 e. The number of carbonyl (C=O) groups is 1. The highest BCUT2D eigenvalue weighted by molar-refractivity contribution is 5.83. The predicted molar refractivity (Wildman–Crippen MR) is 103 cm³/mol. The van der Waals surface area contributed by atoms with Crippen LogP contribution < -0.4 is 0 Å². The summed E-state index contributed by atoms with van der Waals surface area (Å²) < 4.78 is 4.89. The van der Waals surface area contributed by atoms with Crippen LogP contribution in [0.2, 0.25) is 0 Å². The molecule has 0 radical (unpaired) electrons. The number of esters is 1. The summed E-state index contributed by atoms with van der Waals surface area (Å²) in [5, 5.41) is 0. The van der Waals surface area contributed by atoms with E-state index in [0.29, 0.717) is 6.61 Å². The molecule has 0 bridgehead atoms. The van der Waals surface area contributed by atoms with Crippen molar-refractivity contribution in [3.05, 3.63) is 58.7 Å². The van der Waals surface area contributed by atoms with Crippen LogP contribution in [-0.2, 0) is 9.53 Å². The summed E-state index contributed by atoms with van der Waals surface area (Å²) in [6.07, 6.45) is 15.7. The first-order valence-corrected chi connectivity index (χ1v) is 8.84. The highest BCUT2D eigenvalue weighted by Gasteiger charge is 2.26. The van der Waals surface area contributed by atoms with Crippen LogP contribution in [0.1, 0.15) is 60.8 Å². The molecule has 0 N–H and O–H groups in total. The van der Waals surface area contributed by atoms with Crippen molar-refractivity contribution < 1.29 is 9.53 Å². The molecular weight excluding hydrogens is 296 g/mol. The van der Waals surface area contributed by atoms with E-state index in [1.54, 1.807) is 6.92 Å². The Balaban J connectivity index is 2.73. The van der Waals surface area contributed by atoms with Crippen LogP contribution in [0, 0.1) is 5.41 Å². The molecule has 1 aliphatic rings. The van der Waals surface area contributed by atoms with Gasteiger partial charge in [0.1, 0.15) is 0 Å². The van der Waals surface area contributed by atoms with Gasteiger partial charge >= 0.3 is 5.97 Å². The molecule has 0 spiro atoms. The second kappa shape index (κ2) is 9.46. The van der Waals surface area contributed by atoms with Gasteiger partial charge in [-0.05, 0) is 63.5 Å². The third-order valence-corrected chi connectivity index (χ3v) is 4.41. The molecule has 0 aliphatic heterocycles. The van der Waals surface area contributed by atoms with Gasteiger partial charge in [-0.1, -0.05) is 55.4 Å². The normalized spacial score (nSPS) is 19.4. The molecule has 2 heteroatoms. The molecule has 1 rings (SSSR count). The van der Waals surface area contributed by atoms with E-state index in [4.69, 9.17) is 4.74 Å². The van der Waals surface area contributed by atoms with E-state index in [0.717, 1.165) is 5.57 Å². The average Bonchev–Trinajstić information content (AvgIpc) is 2.46. The van der Waals surface area contributed by atoms with E-state index in [-0.39, 0.29) is 11.4 Å². The molecule has 0 saturated carbocycles. The van der Waals surface area contributed by atoms with Crippen LogP contribution in [-0.4, -0.2) is 12.6 Å². The highest BCUT2D eigenvalue weighted by atomic mass is 16.5. The molecule has 0 atom stereocenters. The molecule has 2 nitrogen and oxygen atoms in total. The minimum Gasteiger partial charge on any atom is -0.463 e. The average molecular weight is 328 g/mol. The molecule has 1 aliphatic carbocycles. The van der Waals surface area contributed by atoms with Gasteiger partial charge < -0.3 is 4.74 Å². The van der Waals surface area contributed by atoms with Crippen molar-refractivity contribution in [2.24, 2.45) is 5.41 Å². The Labute approximate surface area is 147 Å². The molecular formula is C22H32O2. The summed E-state index contributed by atoms with van der Waals surface area (Å²) in [5.41, 5.74) is 5.33. The number of allylic oxidation sites excluding steroid dienone is 9. The van der Waals surface area contributed by atoms with Gasteiger partial charge in [0.15, 0.2) is 0 Å². The lowest BCUT2D eigenvalue weighted by Crippen LogP contribution is -2.19. The van der Waals surface area contributed by atoms with Gasteiger partial charge in [0.05, 0.1) is 6.61 Å². The number of rotatable bonds is 6. The van der Waals surface area contributed by atoms with Crippen LogP contribution in [0.5, 0.6) is 0 Å². The molecule has 0 aromatic heterocycles. The molecule has 132 valence electrons. The SMILES string of the molecule is CCOC(=O)C=C(C)/C=C/C=C(C)/C=C/C1=C(C)CCCC1(C)C. The summed E-state index contributed by atoms with van der Waals surface area (Å²) >= 11 is 0. The predicted octanol–water partition coefficient (Wildman–Crippen LogP) is 6.08. The van der Waals surface area contributed by atoms with Gasteiger partial charge in [-0.15, -0.1) is 0 Å². The first kappa shape index (κ1) is 20.2. The largest absolute Gasteiger partial charge is 0.463 e. The van der Waals surface area contributed by atoms with Crippen LogP contribution in [0.15, 0.2) is 58.7 Å². The smallest absolute Gasteiger partial charge is 0.330 e. The zero-order valence-electron chi connectivity index (χ0n) is 16.1. The van der Waals surface area contributed by atoms with Crippen LogP contribution in [0.3, 0.4) is 0 Å². The Morgan fingerprint density at radius 3 is 2.54 bits per heavy atom. The Kier molecular flexibility index (Phi) is 7.97. The van der Waals surface area contributed by atoms with E-state index < -0.39 is 0 Å². The zero-order valence-corrected chi connectivity index (χ0v) is 16.1.